The van der Waals surface area contributed by atoms with Gasteiger partial charge in [-0.05, 0) is 42.6 Å². The number of piperidine rings is 1. The van der Waals surface area contributed by atoms with Gasteiger partial charge in [0.2, 0.25) is 0 Å². The Morgan fingerprint density at radius 3 is 2.41 bits per heavy atom. The van der Waals surface area contributed by atoms with Crippen LogP contribution in [-0.2, 0) is 16.0 Å². The average molecular weight is 395 g/mol. The van der Waals surface area contributed by atoms with E-state index in [1.54, 1.807) is 0 Å². The molecule has 3 fully saturated rings. The lowest BCUT2D eigenvalue weighted by atomic mass is 9.93. The summed E-state index contributed by atoms with van der Waals surface area (Å²) in [6.45, 7) is 3.29. The van der Waals surface area contributed by atoms with Gasteiger partial charge in [-0.25, -0.2) is 0 Å². The van der Waals surface area contributed by atoms with E-state index in [0.717, 1.165) is 13.1 Å². The lowest BCUT2D eigenvalue weighted by Gasteiger charge is -2.45. The number of hydrogen-bond donors (Lipinski definition) is 2. The molecule has 3 saturated heterocycles. The number of nitrogens with zero attached hydrogens (tertiary/aromatic N) is 1. The molecule has 2 aromatic carbocycles. The maximum Gasteiger partial charge on any atom is 0.176 e. The summed E-state index contributed by atoms with van der Waals surface area (Å²) in [5.41, 5.74) is 3.64. The lowest BCUT2D eigenvalue weighted by molar-refractivity contribution is -0.184. The molecule has 2 bridgehead atoms. The number of hydrogen-bond acceptors (Lipinski definition) is 5. The first kappa shape index (κ1) is 19.2. The molecule has 0 aromatic heterocycles. The van der Waals surface area contributed by atoms with E-state index in [1.165, 1.54) is 36.0 Å². The summed E-state index contributed by atoms with van der Waals surface area (Å²) >= 11 is 0. The molecule has 5 heteroatoms. The van der Waals surface area contributed by atoms with E-state index in [1.807, 2.05) is 6.07 Å². The summed E-state index contributed by atoms with van der Waals surface area (Å²) in [5, 5.41) is 14.7. The number of rotatable bonds is 5. The SMILES string of the molecule is OC1C(NCc2ccc(-c3ccccc3)cc2)C2COC(O2)C1N1CCCCC1. The maximum absolute atomic E-state index is 11.2. The van der Waals surface area contributed by atoms with Gasteiger partial charge in [0.05, 0.1) is 24.8 Å². The quantitative estimate of drug-likeness (QED) is 0.817. The normalized spacial score (nSPS) is 32.4. The second-order valence-electron chi connectivity index (χ2n) is 8.42. The third kappa shape index (κ3) is 3.98. The van der Waals surface area contributed by atoms with Crippen LogP contribution in [0.5, 0.6) is 0 Å². The van der Waals surface area contributed by atoms with E-state index in [-0.39, 0.29) is 24.5 Å². The van der Waals surface area contributed by atoms with Crippen molar-refractivity contribution in [3.63, 3.8) is 0 Å². The van der Waals surface area contributed by atoms with Gasteiger partial charge in [-0.15, -0.1) is 0 Å². The van der Waals surface area contributed by atoms with Crippen LogP contribution in [-0.4, -0.2) is 60.3 Å². The van der Waals surface area contributed by atoms with Gasteiger partial charge < -0.3 is 19.9 Å². The molecule has 0 aliphatic carbocycles. The summed E-state index contributed by atoms with van der Waals surface area (Å²) < 4.78 is 12.0. The monoisotopic (exact) mass is 394 g/mol. The Bertz CT molecular complexity index is 792. The van der Waals surface area contributed by atoms with Crippen LogP contribution >= 0.6 is 0 Å². The molecule has 2 N–H and O–H groups in total. The third-order valence-electron chi connectivity index (χ3n) is 6.55. The van der Waals surface area contributed by atoms with Gasteiger partial charge in [0.25, 0.3) is 0 Å². The van der Waals surface area contributed by atoms with E-state index in [9.17, 15) is 5.11 Å². The molecule has 5 unspecified atom stereocenters. The second-order valence-corrected chi connectivity index (χ2v) is 8.42. The molecule has 0 amide bonds. The smallest absolute Gasteiger partial charge is 0.176 e. The van der Waals surface area contributed by atoms with Crippen molar-refractivity contribution in [1.29, 1.82) is 0 Å². The van der Waals surface area contributed by atoms with Crippen molar-refractivity contribution in [2.75, 3.05) is 19.7 Å². The lowest BCUT2D eigenvalue weighted by Crippen LogP contribution is -2.64. The molecule has 3 aliphatic heterocycles. The minimum Gasteiger partial charge on any atom is -0.390 e. The van der Waals surface area contributed by atoms with Crippen molar-refractivity contribution >= 4 is 0 Å². The van der Waals surface area contributed by atoms with Gasteiger partial charge in [0, 0.05) is 6.54 Å². The van der Waals surface area contributed by atoms with Crippen molar-refractivity contribution in [2.24, 2.45) is 0 Å². The zero-order chi connectivity index (χ0) is 19.6. The Labute approximate surface area is 172 Å². The topological polar surface area (TPSA) is 54.0 Å². The summed E-state index contributed by atoms with van der Waals surface area (Å²) in [4.78, 5) is 2.36. The standard InChI is InChI=1S/C24H30N2O3/c27-23-21(20-16-28-24(29-20)22(23)26-13-5-2-6-14-26)25-15-17-9-11-19(12-10-17)18-7-3-1-4-8-18/h1,3-4,7-12,20-25,27H,2,5-6,13-16H2. The van der Waals surface area contributed by atoms with Crippen LogP contribution in [0.4, 0.5) is 0 Å². The second kappa shape index (κ2) is 8.54. The van der Waals surface area contributed by atoms with Crippen LogP contribution < -0.4 is 5.32 Å². The Hall–Kier alpha value is -1.76. The minimum absolute atomic E-state index is 0.0768. The fraction of sp³-hybridized carbons (Fsp3) is 0.500. The van der Waals surface area contributed by atoms with Crippen LogP contribution in [0.25, 0.3) is 11.1 Å². The zero-order valence-electron chi connectivity index (χ0n) is 16.7. The average Bonchev–Trinajstić information content (AvgIpc) is 3.20. The Morgan fingerprint density at radius 2 is 1.66 bits per heavy atom. The summed E-state index contributed by atoms with van der Waals surface area (Å²) in [6.07, 6.45) is 2.78. The van der Waals surface area contributed by atoms with Gasteiger partial charge in [0.15, 0.2) is 6.29 Å². The number of benzene rings is 2. The Morgan fingerprint density at radius 1 is 0.931 bits per heavy atom. The molecule has 5 nitrogen and oxygen atoms in total. The van der Waals surface area contributed by atoms with Crippen molar-refractivity contribution < 1.29 is 14.6 Å². The van der Waals surface area contributed by atoms with Crippen LogP contribution in [0.2, 0.25) is 0 Å². The predicted octanol–water partition coefficient (Wildman–Crippen LogP) is 2.78. The van der Waals surface area contributed by atoms with Gasteiger partial charge >= 0.3 is 0 Å². The largest absolute Gasteiger partial charge is 0.390 e. The molecule has 0 saturated carbocycles. The van der Waals surface area contributed by atoms with Crippen molar-refractivity contribution in [1.82, 2.24) is 10.2 Å². The summed E-state index contributed by atoms with van der Waals surface area (Å²) in [6, 6.07) is 18.8. The van der Waals surface area contributed by atoms with E-state index < -0.39 is 6.10 Å². The van der Waals surface area contributed by atoms with E-state index in [2.05, 4.69) is 58.7 Å². The highest BCUT2D eigenvalue weighted by Crippen LogP contribution is 2.33. The van der Waals surface area contributed by atoms with Crippen LogP contribution in [0.1, 0.15) is 24.8 Å². The summed E-state index contributed by atoms with van der Waals surface area (Å²) in [5.74, 6) is 0. The minimum atomic E-state index is -0.483. The van der Waals surface area contributed by atoms with Gasteiger partial charge in [-0.2, -0.15) is 0 Å². The van der Waals surface area contributed by atoms with Gasteiger partial charge in [-0.3, -0.25) is 4.90 Å². The molecular formula is C24H30N2O3. The molecule has 0 spiro atoms. The van der Waals surface area contributed by atoms with Crippen LogP contribution in [0, 0.1) is 0 Å². The van der Waals surface area contributed by atoms with Gasteiger partial charge in [-0.1, -0.05) is 61.0 Å². The number of aliphatic hydroxyl groups excluding tert-OH is 1. The molecule has 29 heavy (non-hydrogen) atoms. The first-order valence-electron chi connectivity index (χ1n) is 10.9. The van der Waals surface area contributed by atoms with E-state index >= 15 is 0 Å². The number of nitrogens with one attached hydrogen (secondary N) is 1. The number of aliphatic hydroxyl groups is 1. The van der Waals surface area contributed by atoms with Crippen molar-refractivity contribution in [3.8, 4) is 11.1 Å². The zero-order valence-corrected chi connectivity index (χ0v) is 16.7. The Kier molecular flexibility index (Phi) is 5.66. The highest BCUT2D eigenvalue weighted by atomic mass is 16.7. The molecule has 3 heterocycles. The highest BCUT2D eigenvalue weighted by molar-refractivity contribution is 5.63. The summed E-state index contributed by atoms with van der Waals surface area (Å²) in [7, 11) is 0. The molecule has 2 aromatic rings. The van der Waals surface area contributed by atoms with Crippen LogP contribution in [0.15, 0.2) is 54.6 Å². The third-order valence-corrected chi connectivity index (χ3v) is 6.55. The van der Waals surface area contributed by atoms with Crippen LogP contribution in [0.3, 0.4) is 0 Å². The van der Waals surface area contributed by atoms with Crippen molar-refractivity contribution in [3.05, 3.63) is 60.2 Å². The molecule has 154 valence electrons. The molecule has 3 aliphatic rings. The molecule has 5 rings (SSSR count). The van der Waals surface area contributed by atoms with E-state index in [0.29, 0.717) is 13.2 Å². The number of likely N-dealkylation sites (tertiary alicyclic amines) is 1. The first-order valence-corrected chi connectivity index (χ1v) is 10.9. The maximum atomic E-state index is 11.2. The number of fused-ring (bicyclic) bond motifs is 2. The van der Waals surface area contributed by atoms with E-state index in [4.69, 9.17) is 9.47 Å². The molecular weight excluding hydrogens is 364 g/mol. The fourth-order valence-corrected chi connectivity index (χ4v) is 4.94. The molecule has 0 radical (unpaired) electrons. The van der Waals surface area contributed by atoms with Crippen molar-refractivity contribution in [2.45, 2.75) is 56.4 Å². The predicted molar refractivity (Wildman–Crippen MR) is 112 cm³/mol. The first-order chi connectivity index (χ1) is 14.3. The fourth-order valence-electron chi connectivity index (χ4n) is 4.94. The van der Waals surface area contributed by atoms with Gasteiger partial charge in [0.1, 0.15) is 6.10 Å². The molecule has 5 atom stereocenters. The highest BCUT2D eigenvalue weighted by Gasteiger charge is 2.51. The number of ether oxygens (including phenoxy) is 2. The Balaban J connectivity index is 1.25.